The smallest absolute Gasteiger partial charge is 0.226 e. The minimum Gasteiger partial charge on any atom is -0.352 e. The molecule has 1 amide bonds. The van der Waals surface area contributed by atoms with Gasteiger partial charge in [-0.3, -0.25) is 9.48 Å². The normalized spacial score (nSPS) is 19.9. The highest BCUT2D eigenvalue weighted by atomic mass is 16.2. The van der Waals surface area contributed by atoms with Crippen molar-refractivity contribution in [3.8, 4) is 17.5 Å². The van der Waals surface area contributed by atoms with E-state index in [0.717, 1.165) is 24.1 Å². The maximum Gasteiger partial charge on any atom is 0.226 e. The summed E-state index contributed by atoms with van der Waals surface area (Å²) in [6, 6.07) is 2.29. The van der Waals surface area contributed by atoms with Crippen molar-refractivity contribution in [1.82, 2.24) is 24.6 Å². The molecule has 1 saturated heterocycles. The second kappa shape index (κ2) is 6.65. The molecule has 8 heteroatoms. The number of hydrogen-bond acceptors (Lipinski definition) is 6. The fourth-order valence-corrected chi connectivity index (χ4v) is 3.68. The summed E-state index contributed by atoms with van der Waals surface area (Å²) in [6.07, 6.45) is 5.50. The van der Waals surface area contributed by atoms with Crippen LogP contribution in [0.1, 0.15) is 31.0 Å². The van der Waals surface area contributed by atoms with Crippen LogP contribution in [0.3, 0.4) is 0 Å². The maximum absolute atomic E-state index is 12.4. The van der Waals surface area contributed by atoms with Gasteiger partial charge in [0.05, 0.1) is 17.5 Å². The number of hydrogen-bond donors (Lipinski definition) is 0. The van der Waals surface area contributed by atoms with E-state index in [2.05, 4.69) is 28.0 Å². The Kier molecular flexibility index (Phi) is 4.30. The molecule has 0 spiro atoms. The molecule has 0 N–H and O–H groups in total. The van der Waals surface area contributed by atoms with E-state index in [9.17, 15) is 10.1 Å². The lowest BCUT2D eigenvalue weighted by molar-refractivity contribution is -0.134. The first-order valence-electron chi connectivity index (χ1n) is 9.31. The zero-order valence-electron chi connectivity index (χ0n) is 15.9. The molecule has 0 unspecified atom stereocenters. The van der Waals surface area contributed by atoms with Crippen molar-refractivity contribution < 1.29 is 4.79 Å². The lowest BCUT2D eigenvalue weighted by atomic mass is 10.1. The molecule has 4 rings (SSSR count). The van der Waals surface area contributed by atoms with Crippen molar-refractivity contribution >= 4 is 11.7 Å². The third kappa shape index (κ3) is 3.25. The van der Waals surface area contributed by atoms with E-state index in [1.54, 1.807) is 10.9 Å². The number of carbonyl (C=O) groups is 1. The van der Waals surface area contributed by atoms with Crippen LogP contribution in [0, 0.1) is 24.2 Å². The summed E-state index contributed by atoms with van der Waals surface area (Å²) in [6.45, 7) is 5.97. The fraction of sp³-hybridized carbons (Fsp3) is 0.526. The van der Waals surface area contributed by atoms with Crippen LogP contribution in [-0.4, -0.2) is 56.2 Å². The van der Waals surface area contributed by atoms with Crippen LogP contribution >= 0.6 is 0 Å². The van der Waals surface area contributed by atoms with Crippen LogP contribution < -0.4 is 4.90 Å². The first-order chi connectivity index (χ1) is 13.0. The molecule has 27 heavy (non-hydrogen) atoms. The number of piperazine rings is 1. The number of carbonyl (C=O) groups excluding carboxylic acids is 1. The molecule has 1 aliphatic heterocycles. The minimum atomic E-state index is 0.0944. The zero-order chi connectivity index (χ0) is 19.1. The number of amides is 1. The van der Waals surface area contributed by atoms with Gasteiger partial charge < -0.3 is 9.80 Å². The predicted molar refractivity (Wildman–Crippen MR) is 99.8 cm³/mol. The first kappa shape index (κ1) is 17.5. The summed E-state index contributed by atoms with van der Waals surface area (Å²) < 4.78 is 1.73. The van der Waals surface area contributed by atoms with Crippen LogP contribution in [0.2, 0.25) is 0 Å². The van der Waals surface area contributed by atoms with Gasteiger partial charge in [0.25, 0.3) is 0 Å². The van der Waals surface area contributed by atoms with Crippen LogP contribution in [0.4, 0.5) is 5.82 Å². The van der Waals surface area contributed by atoms with Crippen LogP contribution in [-0.2, 0) is 11.8 Å². The third-order valence-corrected chi connectivity index (χ3v) is 5.28. The lowest BCUT2D eigenvalue weighted by Crippen LogP contribution is -2.54. The van der Waals surface area contributed by atoms with Crippen molar-refractivity contribution in [1.29, 1.82) is 5.26 Å². The molecule has 0 radical (unpaired) electrons. The molecule has 1 atom stereocenters. The monoisotopic (exact) mass is 365 g/mol. The van der Waals surface area contributed by atoms with Gasteiger partial charge in [0, 0.05) is 44.8 Å². The van der Waals surface area contributed by atoms with E-state index in [0.29, 0.717) is 36.8 Å². The highest BCUT2D eigenvalue weighted by Gasteiger charge is 2.37. The second-order valence-electron chi connectivity index (χ2n) is 7.45. The summed E-state index contributed by atoms with van der Waals surface area (Å²) >= 11 is 0. The highest BCUT2D eigenvalue weighted by molar-refractivity contribution is 5.81. The molecule has 2 aliphatic rings. The molecule has 2 aromatic rings. The van der Waals surface area contributed by atoms with Crippen molar-refractivity contribution in [3.05, 3.63) is 23.7 Å². The van der Waals surface area contributed by atoms with E-state index in [-0.39, 0.29) is 17.9 Å². The van der Waals surface area contributed by atoms with Crippen LogP contribution in [0.5, 0.6) is 0 Å². The zero-order valence-corrected chi connectivity index (χ0v) is 15.9. The Morgan fingerprint density at radius 2 is 2.11 bits per heavy atom. The van der Waals surface area contributed by atoms with Gasteiger partial charge in [-0.05, 0) is 26.7 Å². The molecule has 1 aliphatic carbocycles. The van der Waals surface area contributed by atoms with Crippen LogP contribution in [0.25, 0.3) is 11.4 Å². The van der Waals surface area contributed by atoms with Gasteiger partial charge in [-0.15, -0.1) is 0 Å². The van der Waals surface area contributed by atoms with Gasteiger partial charge in [0.2, 0.25) is 5.91 Å². The van der Waals surface area contributed by atoms with Crippen LogP contribution in [0.15, 0.2) is 12.4 Å². The Labute approximate surface area is 158 Å². The summed E-state index contributed by atoms with van der Waals surface area (Å²) in [5.74, 6) is 1.71. The Hall–Kier alpha value is -2.95. The van der Waals surface area contributed by atoms with Gasteiger partial charge in [0.1, 0.15) is 11.6 Å². The average molecular weight is 365 g/mol. The summed E-state index contributed by atoms with van der Waals surface area (Å²) in [4.78, 5) is 25.6. The Balaban J connectivity index is 1.61. The van der Waals surface area contributed by atoms with Gasteiger partial charge in [-0.2, -0.15) is 10.4 Å². The molecule has 1 saturated carbocycles. The quantitative estimate of drug-likeness (QED) is 0.819. The SMILES string of the molecule is Cc1nn(C)cc1-c1ncc(C#N)c(N2CCN(C(=O)C3CC3)[C@H](C)C2)n1. The van der Waals surface area contributed by atoms with Crippen molar-refractivity contribution in [2.24, 2.45) is 13.0 Å². The topological polar surface area (TPSA) is 90.9 Å². The number of aromatic nitrogens is 4. The summed E-state index contributed by atoms with van der Waals surface area (Å²) in [5, 5.41) is 13.9. The molecule has 0 bridgehead atoms. The number of rotatable bonds is 3. The fourth-order valence-electron chi connectivity index (χ4n) is 3.68. The molecule has 2 aromatic heterocycles. The molecule has 0 aromatic carbocycles. The largest absolute Gasteiger partial charge is 0.352 e. The van der Waals surface area contributed by atoms with E-state index in [1.807, 2.05) is 25.1 Å². The molecular weight excluding hydrogens is 342 g/mol. The van der Waals surface area contributed by atoms with Gasteiger partial charge in [0.15, 0.2) is 11.6 Å². The van der Waals surface area contributed by atoms with Crippen molar-refractivity contribution in [2.75, 3.05) is 24.5 Å². The highest BCUT2D eigenvalue weighted by Crippen LogP contribution is 2.33. The Morgan fingerprint density at radius 1 is 1.33 bits per heavy atom. The minimum absolute atomic E-state index is 0.0944. The van der Waals surface area contributed by atoms with E-state index < -0.39 is 0 Å². The molecule has 2 fully saturated rings. The van der Waals surface area contributed by atoms with E-state index in [4.69, 9.17) is 4.98 Å². The van der Waals surface area contributed by atoms with Crippen molar-refractivity contribution in [3.63, 3.8) is 0 Å². The molecule has 8 nitrogen and oxygen atoms in total. The number of nitriles is 1. The number of anilines is 1. The number of aryl methyl sites for hydroxylation is 2. The van der Waals surface area contributed by atoms with E-state index >= 15 is 0 Å². The second-order valence-corrected chi connectivity index (χ2v) is 7.45. The summed E-state index contributed by atoms with van der Waals surface area (Å²) in [5.41, 5.74) is 2.16. The van der Waals surface area contributed by atoms with Gasteiger partial charge in [-0.1, -0.05) is 0 Å². The first-order valence-corrected chi connectivity index (χ1v) is 9.31. The predicted octanol–water partition coefficient (Wildman–Crippen LogP) is 1.50. The summed E-state index contributed by atoms with van der Waals surface area (Å²) in [7, 11) is 1.86. The van der Waals surface area contributed by atoms with E-state index in [1.165, 1.54) is 0 Å². The molecule has 140 valence electrons. The Morgan fingerprint density at radius 3 is 2.70 bits per heavy atom. The lowest BCUT2D eigenvalue weighted by Gasteiger charge is -2.40. The number of nitrogens with zero attached hydrogens (tertiary/aromatic N) is 7. The maximum atomic E-state index is 12.4. The Bertz CT molecular complexity index is 925. The van der Waals surface area contributed by atoms with Gasteiger partial charge >= 0.3 is 0 Å². The standard InChI is InChI=1S/C19H23N7O/c1-12-10-25(6-7-26(12)19(27)14-4-5-14)18-15(8-20)9-21-17(22-18)16-11-24(3)23-13(16)2/h9,11-12,14H,4-7,10H2,1-3H3/t12-/m1/s1. The van der Waals surface area contributed by atoms with Gasteiger partial charge in [-0.25, -0.2) is 9.97 Å². The third-order valence-electron chi connectivity index (χ3n) is 5.28. The van der Waals surface area contributed by atoms with Crippen molar-refractivity contribution in [2.45, 2.75) is 32.7 Å². The molecule has 3 heterocycles. The molecular formula is C19H23N7O. The average Bonchev–Trinajstić information content (AvgIpc) is 3.45.